The van der Waals surface area contributed by atoms with Crippen LogP contribution in [-0.2, 0) is 6.42 Å². The predicted molar refractivity (Wildman–Crippen MR) is 76.0 cm³/mol. The van der Waals surface area contributed by atoms with Crippen molar-refractivity contribution in [3.8, 4) is 11.1 Å². The molecule has 0 aliphatic carbocycles. The van der Waals surface area contributed by atoms with Crippen LogP contribution in [0.5, 0.6) is 0 Å². The molecule has 88 valence electrons. The van der Waals surface area contributed by atoms with Crippen molar-refractivity contribution >= 4 is 23.2 Å². The Bertz CT molecular complexity index is 545. The summed E-state index contributed by atoms with van der Waals surface area (Å²) >= 11 is 12.5. The highest BCUT2D eigenvalue weighted by Crippen LogP contribution is 2.34. The van der Waals surface area contributed by atoms with Gasteiger partial charge in [0, 0.05) is 21.2 Å². The molecule has 2 aromatic rings. The van der Waals surface area contributed by atoms with E-state index in [9.17, 15) is 0 Å². The van der Waals surface area contributed by atoms with Crippen molar-refractivity contribution in [3.05, 3.63) is 57.6 Å². The molecule has 0 amide bonds. The highest BCUT2D eigenvalue weighted by molar-refractivity contribution is 6.36. The lowest BCUT2D eigenvalue weighted by Gasteiger charge is -2.09. The maximum atomic E-state index is 6.25. The summed E-state index contributed by atoms with van der Waals surface area (Å²) in [5, 5.41) is 1.49. The molecule has 2 aromatic carbocycles. The summed E-state index contributed by atoms with van der Waals surface area (Å²) in [6.07, 6.45) is 0.994. The van der Waals surface area contributed by atoms with Gasteiger partial charge in [0.1, 0.15) is 0 Å². The average molecular weight is 265 g/mol. The molecular formula is C15H14Cl2. The van der Waals surface area contributed by atoms with Gasteiger partial charge < -0.3 is 0 Å². The van der Waals surface area contributed by atoms with E-state index in [1.165, 1.54) is 11.1 Å². The first-order valence-corrected chi connectivity index (χ1v) is 6.42. The van der Waals surface area contributed by atoms with E-state index >= 15 is 0 Å². The largest absolute Gasteiger partial charge is 0.0837 e. The number of halogens is 2. The third-order valence-electron chi connectivity index (χ3n) is 2.85. The molecule has 0 bridgehead atoms. The lowest BCUT2D eigenvalue weighted by atomic mass is 10.0. The van der Waals surface area contributed by atoms with E-state index in [-0.39, 0.29) is 0 Å². The SMILES string of the molecule is CCc1ccc(Cl)c(-c2cc(C)ccc2Cl)c1. The molecule has 0 aliphatic heterocycles. The number of hydrogen-bond acceptors (Lipinski definition) is 0. The van der Waals surface area contributed by atoms with Crippen LogP contribution in [0.25, 0.3) is 11.1 Å². The van der Waals surface area contributed by atoms with Crippen LogP contribution >= 0.6 is 23.2 Å². The van der Waals surface area contributed by atoms with Crippen LogP contribution in [0.4, 0.5) is 0 Å². The smallest absolute Gasteiger partial charge is 0.0485 e. The molecule has 2 heteroatoms. The van der Waals surface area contributed by atoms with Gasteiger partial charge in [-0.15, -0.1) is 0 Å². The summed E-state index contributed by atoms with van der Waals surface area (Å²) in [7, 11) is 0. The molecule has 0 aromatic heterocycles. The van der Waals surface area contributed by atoms with Crippen molar-refractivity contribution in [2.45, 2.75) is 20.3 Å². The van der Waals surface area contributed by atoms with Crippen LogP contribution < -0.4 is 0 Å². The fourth-order valence-electron chi connectivity index (χ4n) is 1.84. The Morgan fingerprint density at radius 1 is 0.882 bits per heavy atom. The maximum absolute atomic E-state index is 6.25. The van der Waals surface area contributed by atoms with E-state index in [0.29, 0.717) is 0 Å². The highest BCUT2D eigenvalue weighted by atomic mass is 35.5. The monoisotopic (exact) mass is 264 g/mol. The van der Waals surface area contributed by atoms with Gasteiger partial charge in [-0.3, -0.25) is 0 Å². The third-order valence-corrected chi connectivity index (χ3v) is 3.51. The van der Waals surface area contributed by atoms with Crippen LogP contribution in [0.3, 0.4) is 0 Å². The van der Waals surface area contributed by atoms with Crippen LogP contribution in [-0.4, -0.2) is 0 Å². The van der Waals surface area contributed by atoms with Gasteiger partial charge in [-0.25, -0.2) is 0 Å². The van der Waals surface area contributed by atoms with Crippen molar-refractivity contribution in [2.75, 3.05) is 0 Å². The molecule has 0 spiro atoms. The van der Waals surface area contributed by atoms with Gasteiger partial charge in [0.25, 0.3) is 0 Å². The second-order valence-corrected chi connectivity index (χ2v) is 4.97. The molecule has 0 atom stereocenters. The Kier molecular flexibility index (Phi) is 3.76. The van der Waals surface area contributed by atoms with Crippen LogP contribution in [0.2, 0.25) is 10.0 Å². The highest BCUT2D eigenvalue weighted by Gasteiger charge is 2.08. The van der Waals surface area contributed by atoms with E-state index in [4.69, 9.17) is 23.2 Å². The quantitative estimate of drug-likeness (QED) is 0.669. The molecule has 0 saturated carbocycles. The molecule has 0 saturated heterocycles. The Balaban J connectivity index is 2.62. The molecule has 2 rings (SSSR count). The average Bonchev–Trinajstić information content (AvgIpc) is 2.33. The summed E-state index contributed by atoms with van der Waals surface area (Å²) in [6.45, 7) is 4.18. The minimum atomic E-state index is 0.741. The maximum Gasteiger partial charge on any atom is 0.0485 e. The summed E-state index contributed by atoms with van der Waals surface area (Å²) in [6, 6.07) is 12.1. The minimum Gasteiger partial charge on any atom is -0.0837 e. The summed E-state index contributed by atoms with van der Waals surface area (Å²) in [4.78, 5) is 0. The van der Waals surface area contributed by atoms with Gasteiger partial charge in [0.15, 0.2) is 0 Å². The predicted octanol–water partition coefficient (Wildman–Crippen LogP) is 5.53. The van der Waals surface area contributed by atoms with Crippen molar-refractivity contribution in [1.82, 2.24) is 0 Å². The molecule has 17 heavy (non-hydrogen) atoms. The first-order chi connectivity index (χ1) is 8.11. The summed E-state index contributed by atoms with van der Waals surface area (Å²) in [5.41, 5.74) is 4.47. The zero-order chi connectivity index (χ0) is 12.4. The zero-order valence-electron chi connectivity index (χ0n) is 9.93. The Labute approximate surface area is 112 Å². The second kappa shape index (κ2) is 5.12. The fourth-order valence-corrected chi connectivity index (χ4v) is 2.28. The fraction of sp³-hybridized carbons (Fsp3) is 0.200. The van der Waals surface area contributed by atoms with Crippen molar-refractivity contribution < 1.29 is 0 Å². The van der Waals surface area contributed by atoms with E-state index in [1.54, 1.807) is 0 Å². The lowest BCUT2D eigenvalue weighted by Crippen LogP contribution is -1.86. The zero-order valence-corrected chi connectivity index (χ0v) is 11.4. The molecule has 0 heterocycles. The molecule has 0 unspecified atom stereocenters. The van der Waals surface area contributed by atoms with Gasteiger partial charge in [0.2, 0.25) is 0 Å². The summed E-state index contributed by atoms with van der Waals surface area (Å²) in [5.74, 6) is 0. The van der Waals surface area contributed by atoms with Crippen LogP contribution in [0, 0.1) is 6.92 Å². The molecule has 0 radical (unpaired) electrons. The molecule has 0 fully saturated rings. The minimum absolute atomic E-state index is 0.741. The van der Waals surface area contributed by atoms with E-state index in [0.717, 1.165) is 27.6 Å². The molecule has 0 aliphatic rings. The van der Waals surface area contributed by atoms with Gasteiger partial charge >= 0.3 is 0 Å². The lowest BCUT2D eigenvalue weighted by molar-refractivity contribution is 1.14. The van der Waals surface area contributed by atoms with E-state index < -0.39 is 0 Å². The normalized spacial score (nSPS) is 10.6. The van der Waals surface area contributed by atoms with Crippen LogP contribution in [0.15, 0.2) is 36.4 Å². The second-order valence-electron chi connectivity index (χ2n) is 4.15. The standard InChI is InChI=1S/C15H14Cl2/c1-3-11-5-7-15(17)13(9-11)12-8-10(2)4-6-14(12)16/h4-9H,3H2,1-2H3. The molecule has 0 N–H and O–H groups in total. The van der Waals surface area contributed by atoms with Crippen molar-refractivity contribution in [3.63, 3.8) is 0 Å². The number of hydrogen-bond donors (Lipinski definition) is 0. The number of rotatable bonds is 2. The van der Waals surface area contributed by atoms with Gasteiger partial charge in [-0.1, -0.05) is 47.8 Å². The third kappa shape index (κ3) is 2.65. The topological polar surface area (TPSA) is 0 Å². The summed E-state index contributed by atoms with van der Waals surface area (Å²) < 4.78 is 0. The Hall–Kier alpha value is -0.980. The molecular weight excluding hydrogens is 251 g/mol. The van der Waals surface area contributed by atoms with Crippen molar-refractivity contribution in [2.24, 2.45) is 0 Å². The van der Waals surface area contributed by atoms with E-state index in [2.05, 4.69) is 32.0 Å². The molecule has 0 nitrogen and oxygen atoms in total. The van der Waals surface area contributed by atoms with Crippen LogP contribution in [0.1, 0.15) is 18.1 Å². The number of aryl methyl sites for hydroxylation is 2. The first kappa shape index (κ1) is 12.5. The van der Waals surface area contributed by atoms with Gasteiger partial charge in [-0.2, -0.15) is 0 Å². The van der Waals surface area contributed by atoms with Crippen molar-refractivity contribution in [1.29, 1.82) is 0 Å². The Morgan fingerprint density at radius 3 is 2.12 bits per heavy atom. The Morgan fingerprint density at radius 2 is 1.47 bits per heavy atom. The first-order valence-electron chi connectivity index (χ1n) is 5.66. The van der Waals surface area contributed by atoms with Gasteiger partial charge in [0.05, 0.1) is 0 Å². The number of benzene rings is 2. The van der Waals surface area contributed by atoms with Gasteiger partial charge in [-0.05, 0) is 43.2 Å². The van der Waals surface area contributed by atoms with E-state index in [1.807, 2.05) is 18.2 Å².